The molecule has 0 amide bonds. The van der Waals surface area contributed by atoms with Crippen molar-refractivity contribution < 1.29 is 22.3 Å². The van der Waals surface area contributed by atoms with E-state index in [0.717, 1.165) is 38.5 Å². The molecule has 7 heteroatoms. The first-order valence-corrected chi connectivity index (χ1v) is 22.0. The molecule has 0 fully saturated rings. The third-order valence-corrected chi connectivity index (χ3v) is 10.5. The second-order valence-corrected chi connectivity index (χ2v) is 15.5. The molecule has 1 unspecified atom stereocenters. The monoisotopic (exact) mass is 692 g/mol. The van der Waals surface area contributed by atoms with Crippen LogP contribution >= 0.6 is 0 Å². The van der Waals surface area contributed by atoms with E-state index in [1.165, 1.54) is 180 Å². The molecule has 0 saturated carbocycles. The number of quaternary nitrogens is 1. The first kappa shape index (κ1) is 48.9. The van der Waals surface area contributed by atoms with Crippen molar-refractivity contribution in [3.8, 4) is 0 Å². The summed E-state index contributed by atoms with van der Waals surface area (Å²) < 4.78 is 39.2. The molecule has 0 aliphatic rings. The lowest BCUT2D eigenvalue weighted by molar-refractivity contribution is 0.0811. The van der Waals surface area contributed by atoms with Gasteiger partial charge in [-0.25, -0.2) is 8.42 Å². The highest BCUT2D eigenvalue weighted by Crippen LogP contribution is 2.27. The lowest BCUT2D eigenvalue weighted by atomic mass is 9.88. The van der Waals surface area contributed by atoms with Gasteiger partial charge < -0.3 is 15.8 Å². The molecule has 6 nitrogen and oxygen atoms in total. The summed E-state index contributed by atoms with van der Waals surface area (Å²) in [5, 5.41) is 9.53. The normalized spacial score (nSPS) is 12.5. The summed E-state index contributed by atoms with van der Waals surface area (Å²) >= 11 is 0. The molecule has 0 aromatic rings. The van der Waals surface area contributed by atoms with E-state index in [0.29, 0.717) is 0 Å². The zero-order chi connectivity index (χ0) is 33.8. The van der Waals surface area contributed by atoms with Crippen LogP contribution in [-0.4, -0.2) is 30.8 Å². The molecule has 0 aromatic carbocycles. The standard InChI is InChI=1S/C40H82O5S.H3N/c1-3-5-7-9-11-13-15-17-19-21-23-25-27-29-31-33-35-39(40(37-38-41)45-46(42,43)44)36-34-32-30-28-26-24-22-20-18-16-14-12-10-8-6-4-2;/h39-41H,3-38H2,1-2H3,(H,42,43,44);1H3. The van der Waals surface area contributed by atoms with E-state index in [1.807, 2.05) is 0 Å². The lowest BCUT2D eigenvalue weighted by Gasteiger charge is -2.27. The van der Waals surface area contributed by atoms with Crippen LogP contribution in [0.15, 0.2) is 0 Å². The van der Waals surface area contributed by atoms with E-state index in [-0.39, 0.29) is 25.1 Å². The van der Waals surface area contributed by atoms with Crippen LogP contribution in [0.4, 0.5) is 0 Å². The van der Waals surface area contributed by atoms with Crippen molar-refractivity contribution >= 4 is 10.4 Å². The lowest BCUT2D eigenvalue weighted by Crippen LogP contribution is -2.28. The van der Waals surface area contributed by atoms with Gasteiger partial charge >= 0.3 is 0 Å². The van der Waals surface area contributed by atoms with Crippen LogP contribution in [0.2, 0.25) is 0 Å². The molecule has 0 saturated heterocycles. The fraction of sp³-hybridized carbons (Fsp3) is 1.00. The minimum Gasteiger partial charge on any atom is -0.726 e. The number of aliphatic hydroxyl groups is 1. The second-order valence-electron chi connectivity index (χ2n) is 14.5. The average molecular weight is 692 g/mol. The van der Waals surface area contributed by atoms with Crippen molar-refractivity contribution in [3.05, 3.63) is 0 Å². The maximum Gasteiger partial charge on any atom is 0.217 e. The van der Waals surface area contributed by atoms with Crippen molar-refractivity contribution in [3.63, 3.8) is 0 Å². The number of aliphatic hydroxyl groups excluding tert-OH is 1. The van der Waals surface area contributed by atoms with Gasteiger partial charge in [0.15, 0.2) is 0 Å². The first-order chi connectivity index (χ1) is 22.4. The topological polar surface area (TPSA) is 123 Å². The molecule has 0 spiro atoms. The summed E-state index contributed by atoms with van der Waals surface area (Å²) in [6.45, 7) is 4.39. The summed E-state index contributed by atoms with van der Waals surface area (Å²) in [4.78, 5) is 0. The molecule has 0 aliphatic carbocycles. The molecule has 0 rings (SSSR count). The summed E-state index contributed by atoms with van der Waals surface area (Å²) in [5.41, 5.74) is 0. The van der Waals surface area contributed by atoms with E-state index in [2.05, 4.69) is 13.8 Å². The number of hydrogen-bond donors (Lipinski definition) is 2. The summed E-state index contributed by atoms with van der Waals surface area (Å²) in [6.07, 6.45) is 43.7. The Morgan fingerprint density at radius 1 is 0.447 bits per heavy atom. The molecule has 0 heterocycles. The van der Waals surface area contributed by atoms with Crippen LogP contribution in [0.25, 0.3) is 0 Å². The third-order valence-electron chi connectivity index (χ3n) is 10.0. The first-order valence-electron chi connectivity index (χ1n) is 20.7. The largest absolute Gasteiger partial charge is 0.726 e. The zero-order valence-electron chi connectivity index (χ0n) is 32.1. The van der Waals surface area contributed by atoms with Crippen molar-refractivity contribution in [2.45, 2.75) is 245 Å². The average Bonchev–Trinajstić information content (AvgIpc) is 3.02. The van der Waals surface area contributed by atoms with E-state index < -0.39 is 16.5 Å². The second kappa shape index (κ2) is 38.6. The van der Waals surface area contributed by atoms with Gasteiger partial charge in [-0.2, -0.15) is 0 Å². The van der Waals surface area contributed by atoms with E-state index in [1.54, 1.807) is 0 Å². The zero-order valence-corrected chi connectivity index (χ0v) is 32.9. The predicted octanol–water partition coefficient (Wildman–Crippen LogP) is 13.5. The number of rotatable bonds is 39. The molecule has 0 radical (unpaired) electrons. The Hall–Kier alpha value is -0.210. The highest BCUT2D eigenvalue weighted by atomic mass is 32.3. The molecule has 0 aromatic heterocycles. The summed E-state index contributed by atoms with van der Waals surface area (Å²) in [7, 11) is -4.77. The molecule has 0 bridgehead atoms. The Morgan fingerprint density at radius 3 is 0.894 bits per heavy atom. The van der Waals surface area contributed by atoms with Gasteiger partial charge in [-0.1, -0.05) is 219 Å². The Balaban J connectivity index is 0. The van der Waals surface area contributed by atoms with Crippen molar-refractivity contribution in [2.75, 3.05) is 6.61 Å². The van der Waals surface area contributed by atoms with Crippen LogP contribution in [-0.2, 0) is 14.6 Å². The van der Waals surface area contributed by atoms with Crippen molar-refractivity contribution in [1.29, 1.82) is 0 Å². The maximum absolute atomic E-state index is 11.4. The van der Waals surface area contributed by atoms with Gasteiger partial charge in [-0.15, -0.1) is 0 Å². The quantitative estimate of drug-likeness (QED) is 0.0377. The molecular weight excluding hydrogens is 607 g/mol. The van der Waals surface area contributed by atoms with Gasteiger partial charge in [-0.3, -0.25) is 4.18 Å². The molecule has 47 heavy (non-hydrogen) atoms. The molecule has 1 atom stereocenters. The van der Waals surface area contributed by atoms with Crippen LogP contribution < -0.4 is 6.15 Å². The van der Waals surface area contributed by atoms with Gasteiger partial charge in [0.25, 0.3) is 0 Å². The van der Waals surface area contributed by atoms with Crippen LogP contribution in [0.5, 0.6) is 0 Å². The van der Waals surface area contributed by atoms with Gasteiger partial charge in [0.05, 0.1) is 6.10 Å². The fourth-order valence-electron chi connectivity index (χ4n) is 7.07. The Labute approximate surface area is 295 Å². The Bertz CT molecular complexity index is 654. The predicted molar refractivity (Wildman–Crippen MR) is 204 cm³/mol. The van der Waals surface area contributed by atoms with Crippen LogP contribution in [0.1, 0.15) is 239 Å². The third kappa shape index (κ3) is 38.4. The summed E-state index contributed by atoms with van der Waals surface area (Å²) in [5.74, 6) is 0.0224. The minimum atomic E-state index is -4.77. The molecule has 286 valence electrons. The van der Waals surface area contributed by atoms with Crippen LogP contribution in [0, 0.1) is 5.92 Å². The molecular formula is C40H85NO5S. The Kier molecular flexibility index (Phi) is 40.2. The fourth-order valence-corrected chi connectivity index (χ4v) is 7.62. The Morgan fingerprint density at radius 2 is 0.681 bits per heavy atom. The van der Waals surface area contributed by atoms with Gasteiger partial charge in [0.2, 0.25) is 10.4 Å². The van der Waals surface area contributed by atoms with Gasteiger partial charge in [-0.05, 0) is 25.2 Å². The van der Waals surface area contributed by atoms with E-state index >= 15 is 0 Å². The highest BCUT2D eigenvalue weighted by Gasteiger charge is 2.24. The van der Waals surface area contributed by atoms with Crippen molar-refractivity contribution in [2.24, 2.45) is 5.92 Å². The highest BCUT2D eigenvalue weighted by molar-refractivity contribution is 7.80. The maximum atomic E-state index is 11.4. The van der Waals surface area contributed by atoms with Crippen LogP contribution in [0.3, 0.4) is 0 Å². The smallest absolute Gasteiger partial charge is 0.217 e. The minimum absolute atomic E-state index is 0. The number of hydrogen-bond acceptors (Lipinski definition) is 5. The summed E-state index contributed by atoms with van der Waals surface area (Å²) in [6, 6.07) is 0. The van der Waals surface area contributed by atoms with Crippen molar-refractivity contribution in [1.82, 2.24) is 6.15 Å². The number of unbranched alkanes of at least 4 members (excludes halogenated alkanes) is 30. The van der Waals surface area contributed by atoms with Gasteiger partial charge in [0.1, 0.15) is 0 Å². The van der Waals surface area contributed by atoms with Gasteiger partial charge in [0, 0.05) is 6.61 Å². The SMILES string of the molecule is CCCCCCCCCCCCCCCCCCC(CCCCCCCCCCCCCCCCCC)C(CCO)OS(=O)(=O)[O-].[NH4+]. The van der Waals surface area contributed by atoms with E-state index in [4.69, 9.17) is 4.18 Å². The molecule has 5 N–H and O–H groups in total. The van der Waals surface area contributed by atoms with E-state index in [9.17, 15) is 18.1 Å². The molecule has 0 aliphatic heterocycles.